The average Bonchev–Trinajstić information content (AvgIpc) is 3.26. The second-order valence-electron chi connectivity index (χ2n) is 4.98. The van der Waals surface area contributed by atoms with Crippen molar-refractivity contribution in [2.24, 2.45) is 0 Å². The van der Waals surface area contributed by atoms with Crippen molar-refractivity contribution in [2.45, 2.75) is 18.4 Å². The van der Waals surface area contributed by atoms with Gasteiger partial charge in [0.1, 0.15) is 0 Å². The normalized spacial score (nSPS) is 11.2. The van der Waals surface area contributed by atoms with Gasteiger partial charge in [-0.1, -0.05) is 0 Å². The molecule has 130 valence electrons. The molecule has 0 fully saturated rings. The number of sulfonamides is 1. The molecule has 3 rings (SSSR count). The fourth-order valence-corrected chi connectivity index (χ4v) is 3.81. The molecule has 0 aliphatic carbocycles. The molecule has 25 heavy (non-hydrogen) atoms. The largest absolute Gasteiger partial charge is 0.321 e. The van der Waals surface area contributed by atoms with E-state index in [0.717, 1.165) is 0 Å². The zero-order chi connectivity index (χ0) is 17.9. The molecule has 3 aromatic rings. The van der Waals surface area contributed by atoms with Crippen molar-refractivity contribution in [2.75, 3.05) is 10.0 Å². The van der Waals surface area contributed by atoms with Crippen molar-refractivity contribution >= 4 is 38.1 Å². The lowest BCUT2D eigenvalue weighted by Crippen LogP contribution is -2.14. The Morgan fingerprint density at radius 3 is 2.60 bits per heavy atom. The number of carbonyl (C=O) groups excluding carboxylic acids is 1. The fraction of sp³-hybridized carbons (Fsp3) is 0.133. The first-order chi connectivity index (χ1) is 12.0. The van der Waals surface area contributed by atoms with Crippen LogP contribution >= 0.6 is 11.3 Å². The number of anilines is 2. The molecular formula is C15H15N5O3S2. The van der Waals surface area contributed by atoms with Crippen molar-refractivity contribution in [1.29, 1.82) is 0 Å². The van der Waals surface area contributed by atoms with E-state index >= 15 is 0 Å². The van der Waals surface area contributed by atoms with E-state index in [-0.39, 0.29) is 10.8 Å². The highest BCUT2D eigenvalue weighted by molar-refractivity contribution is 7.93. The molecule has 2 aromatic heterocycles. The number of rotatable bonds is 6. The van der Waals surface area contributed by atoms with E-state index in [9.17, 15) is 13.2 Å². The van der Waals surface area contributed by atoms with E-state index in [1.54, 1.807) is 22.3 Å². The Labute approximate surface area is 148 Å². The summed E-state index contributed by atoms with van der Waals surface area (Å²) in [5, 5.41) is 8.77. The second-order valence-corrected chi connectivity index (χ2v) is 7.55. The highest BCUT2D eigenvalue weighted by Gasteiger charge is 2.16. The van der Waals surface area contributed by atoms with Gasteiger partial charge in [-0.15, -0.1) is 11.3 Å². The fourth-order valence-electron chi connectivity index (χ4n) is 2.02. The van der Waals surface area contributed by atoms with Gasteiger partial charge in [-0.05, 0) is 37.3 Å². The number of carbonyl (C=O) groups is 1. The number of thiazole rings is 1. The Balaban J connectivity index is 1.70. The molecule has 1 aromatic carbocycles. The van der Waals surface area contributed by atoms with Gasteiger partial charge in [0.2, 0.25) is 0 Å². The summed E-state index contributed by atoms with van der Waals surface area (Å²) in [5.74, 6) is -0.358. The maximum Gasteiger partial charge on any atom is 0.276 e. The third-order valence-corrected chi connectivity index (χ3v) is 5.45. The topological polar surface area (TPSA) is 106 Å². The van der Waals surface area contributed by atoms with Crippen molar-refractivity contribution < 1.29 is 13.2 Å². The Morgan fingerprint density at radius 1 is 1.24 bits per heavy atom. The third-order valence-electron chi connectivity index (χ3n) is 3.27. The molecule has 0 aliphatic rings. The Morgan fingerprint density at radius 2 is 2.00 bits per heavy atom. The molecule has 0 atom stereocenters. The summed E-state index contributed by atoms with van der Waals surface area (Å²) >= 11 is 1.19. The van der Waals surface area contributed by atoms with Crippen molar-refractivity contribution in [3.63, 3.8) is 0 Å². The van der Waals surface area contributed by atoms with Crippen LogP contribution in [0.25, 0.3) is 0 Å². The number of hydrogen-bond donors (Lipinski definition) is 2. The van der Waals surface area contributed by atoms with E-state index in [4.69, 9.17) is 0 Å². The van der Waals surface area contributed by atoms with Crippen molar-refractivity contribution in [3.05, 3.63) is 53.8 Å². The number of aryl methyl sites for hydroxylation is 1. The van der Waals surface area contributed by atoms with Crippen LogP contribution in [0, 0.1) is 0 Å². The molecule has 0 unspecified atom stereocenters. The number of aromatic nitrogens is 3. The second kappa shape index (κ2) is 7.03. The van der Waals surface area contributed by atoms with Crippen molar-refractivity contribution in [3.8, 4) is 0 Å². The zero-order valence-electron chi connectivity index (χ0n) is 13.2. The van der Waals surface area contributed by atoms with Crippen LogP contribution in [0.1, 0.15) is 17.4 Å². The molecule has 0 radical (unpaired) electrons. The van der Waals surface area contributed by atoms with E-state index in [1.807, 2.05) is 6.92 Å². The summed E-state index contributed by atoms with van der Waals surface area (Å²) in [6.07, 6.45) is 3.23. The van der Waals surface area contributed by atoms with Crippen LogP contribution in [0.4, 0.5) is 10.8 Å². The highest BCUT2D eigenvalue weighted by Crippen LogP contribution is 2.19. The standard InChI is InChI=1S/C15H15N5O3S2/c1-2-20-9-7-13(18-20)14(21)17-11-3-5-12(6-4-11)25(22,23)19-15-16-8-10-24-15/h3-10H,2H2,1H3,(H,16,19)(H,17,21). The molecular weight excluding hydrogens is 362 g/mol. The molecule has 8 nitrogen and oxygen atoms in total. The maximum atomic E-state index is 12.2. The van der Waals surface area contributed by atoms with Crippen LogP contribution in [0.5, 0.6) is 0 Å². The van der Waals surface area contributed by atoms with Crippen LogP contribution in [-0.2, 0) is 16.6 Å². The van der Waals surface area contributed by atoms with Gasteiger partial charge >= 0.3 is 0 Å². The first-order valence-corrected chi connectivity index (χ1v) is 9.71. The zero-order valence-corrected chi connectivity index (χ0v) is 14.8. The molecule has 2 heterocycles. The summed E-state index contributed by atoms with van der Waals surface area (Å²) in [6.45, 7) is 2.60. The Kier molecular flexibility index (Phi) is 4.81. The lowest BCUT2D eigenvalue weighted by Gasteiger charge is -2.07. The van der Waals surface area contributed by atoms with Crippen LogP contribution < -0.4 is 10.0 Å². The Hall–Kier alpha value is -2.72. The first-order valence-electron chi connectivity index (χ1n) is 7.35. The summed E-state index contributed by atoms with van der Waals surface area (Å²) < 4.78 is 28.5. The summed E-state index contributed by atoms with van der Waals surface area (Å²) in [6, 6.07) is 7.48. The van der Waals surface area contributed by atoms with Gasteiger partial charge in [-0.2, -0.15) is 5.10 Å². The van der Waals surface area contributed by atoms with Gasteiger partial charge in [0.05, 0.1) is 4.90 Å². The smallest absolute Gasteiger partial charge is 0.276 e. The van der Waals surface area contributed by atoms with Crippen LogP contribution in [0.2, 0.25) is 0 Å². The Bertz CT molecular complexity index is 963. The number of nitrogens with one attached hydrogen (secondary N) is 2. The van der Waals surface area contributed by atoms with Crippen LogP contribution in [0.15, 0.2) is 53.0 Å². The maximum absolute atomic E-state index is 12.2. The van der Waals surface area contributed by atoms with Crippen molar-refractivity contribution in [1.82, 2.24) is 14.8 Å². The minimum Gasteiger partial charge on any atom is -0.321 e. The van der Waals surface area contributed by atoms with Gasteiger partial charge in [0, 0.05) is 30.0 Å². The quantitative estimate of drug-likeness (QED) is 0.686. The number of nitrogens with zero attached hydrogens (tertiary/aromatic N) is 3. The predicted octanol–water partition coefficient (Wildman–Crippen LogP) is 2.41. The van der Waals surface area contributed by atoms with Crippen LogP contribution in [-0.4, -0.2) is 29.1 Å². The molecule has 2 N–H and O–H groups in total. The molecule has 1 amide bonds. The van der Waals surface area contributed by atoms with E-state index < -0.39 is 10.0 Å². The summed E-state index contributed by atoms with van der Waals surface area (Å²) in [4.78, 5) is 16.1. The van der Waals surface area contributed by atoms with Gasteiger partial charge in [0.25, 0.3) is 15.9 Å². The lowest BCUT2D eigenvalue weighted by molar-refractivity contribution is 0.102. The number of benzene rings is 1. The van der Waals surface area contributed by atoms with Gasteiger partial charge in [-0.3, -0.25) is 14.2 Å². The van der Waals surface area contributed by atoms with E-state index in [1.165, 1.54) is 41.8 Å². The molecule has 0 bridgehead atoms. The first kappa shape index (κ1) is 17.1. The minimum absolute atomic E-state index is 0.0796. The summed E-state index contributed by atoms with van der Waals surface area (Å²) in [5.41, 5.74) is 0.772. The van der Waals surface area contributed by atoms with Gasteiger partial charge in [-0.25, -0.2) is 13.4 Å². The molecule has 0 saturated heterocycles. The lowest BCUT2D eigenvalue weighted by atomic mass is 10.3. The molecule has 0 aliphatic heterocycles. The molecule has 0 saturated carbocycles. The van der Waals surface area contributed by atoms with Crippen LogP contribution in [0.3, 0.4) is 0 Å². The highest BCUT2D eigenvalue weighted by atomic mass is 32.2. The third kappa shape index (κ3) is 4.03. The summed E-state index contributed by atoms with van der Waals surface area (Å²) in [7, 11) is -3.71. The molecule has 0 spiro atoms. The number of amides is 1. The number of hydrogen-bond acceptors (Lipinski definition) is 6. The van der Waals surface area contributed by atoms with Gasteiger partial charge < -0.3 is 5.32 Å². The van der Waals surface area contributed by atoms with E-state index in [0.29, 0.717) is 23.1 Å². The monoisotopic (exact) mass is 377 g/mol. The van der Waals surface area contributed by atoms with Gasteiger partial charge in [0.15, 0.2) is 10.8 Å². The average molecular weight is 377 g/mol. The minimum atomic E-state index is -3.71. The SMILES string of the molecule is CCn1ccc(C(=O)Nc2ccc(S(=O)(=O)Nc3nccs3)cc2)n1. The predicted molar refractivity (Wildman–Crippen MR) is 95.2 cm³/mol. The van der Waals surface area contributed by atoms with E-state index in [2.05, 4.69) is 20.1 Å². The molecule has 10 heteroatoms.